The predicted molar refractivity (Wildman–Crippen MR) is 73.6 cm³/mol. The van der Waals surface area contributed by atoms with E-state index in [-0.39, 0.29) is 11.7 Å². The van der Waals surface area contributed by atoms with Gasteiger partial charge in [-0.3, -0.25) is 0 Å². The highest BCUT2D eigenvalue weighted by Crippen LogP contribution is 2.24. The molecular weight excluding hydrogens is 234 g/mol. The van der Waals surface area contributed by atoms with E-state index >= 15 is 0 Å². The van der Waals surface area contributed by atoms with Gasteiger partial charge in [0.15, 0.2) is 0 Å². The third-order valence-corrected chi connectivity index (χ3v) is 2.57. The van der Waals surface area contributed by atoms with E-state index in [1.165, 1.54) is 0 Å². The Labute approximate surface area is 109 Å². The second-order valence-corrected chi connectivity index (χ2v) is 5.51. The minimum atomic E-state index is -0.153. The number of rotatable bonds is 5. The first-order valence-electron chi connectivity index (χ1n) is 6.06. The number of halogens is 1. The van der Waals surface area contributed by atoms with Crippen LogP contribution in [-0.4, -0.2) is 18.7 Å². The van der Waals surface area contributed by atoms with E-state index in [0.717, 1.165) is 23.7 Å². The van der Waals surface area contributed by atoms with Crippen molar-refractivity contribution in [1.82, 2.24) is 5.32 Å². The van der Waals surface area contributed by atoms with Gasteiger partial charge < -0.3 is 10.1 Å². The van der Waals surface area contributed by atoms with Gasteiger partial charge >= 0.3 is 0 Å². The van der Waals surface area contributed by atoms with Gasteiger partial charge in [0.05, 0.1) is 11.7 Å². The van der Waals surface area contributed by atoms with Gasteiger partial charge in [-0.05, 0) is 45.0 Å². The van der Waals surface area contributed by atoms with Crippen LogP contribution in [0.4, 0.5) is 0 Å². The lowest BCUT2D eigenvalue weighted by molar-refractivity contribution is -0.0604. The van der Waals surface area contributed by atoms with Crippen molar-refractivity contribution in [2.24, 2.45) is 0 Å². The summed E-state index contributed by atoms with van der Waals surface area (Å²) in [6, 6.07) is 7.86. The van der Waals surface area contributed by atoms with Gasteiger partial charge in [0.2, 0.25) is 0 Å². The Morgan fingerprint density at radius 3 is 2.29 bits per heavy atom. The quantitative estimate of drug-likeness (QED) is 0.864. The fourth-order valence-corrected chi connectivity index (χ4v) is 1.73. The molecule has 1 aromatic carbocycles. The van der Waals surface area contributed by atoms with Crippen LogP contribution < -0.4 is 5.32 Å². The van der Waals surface area contributed by atoms with Crippen molar-refractivity contribution in [2.45, 2.75) is 39.4 Å². The fourth-order valence-electron chi connectivity index (χ4n) is 1.61. The molecule has 0 amide bonds. The summed E-state index contributed by atoms with van der Waals surface area (Å²) in [5.74, 6) is 0. The Hall–Kier alpha value is -0.570. The molecule has 0 aliphatic carbocycles. The molecule has 0 radical (unpaired) electrons. The van der Waals surface area contributed by atoms with E-state index in [2.05, 4.69) is 33.0 Å². The minimum absolute atomic E-state index is 0.0622. The second-order valence-electron chi connectivity index (χ2n) is 5.08. The van der Waals surface area contributed by atoms with Crippen LogP contribution in [-0.2, 0) is 4.74 Å². The lowest BCUT2D eigenvalue weighted by Crippen LogP contribution is -2.29. The average Bonchev–Trinajstić information content (AvgIpc) is 2.24. The molecule has 0 saturated heterocycles. The molecule has 0 heterocycles. The molecule has 1 unspecified atom stereocenters. The standard InChI is InChI=1S/C14H22ClNO/c1-5-16-10-13(17-14(2,3)4)11-6-8-12(15)9-7-11/h6-9,13,16H,5,10H2,1-4H3. The van der Waals surface area contributed by atoms with Crippen LogP contribution in [0.5, 0.6) is 0 Å². The van der Waals surface area contributed by atoms with Crippen LogP contribution in [0.15, 0.2) is 24.3 Å². The highest BCUT2D eigenvalue weighted by Gasteiger charge is 2.19. The zero-order valence-corrected chi connectivity index (χ0v) is 11.8. The molecule has 1 N–H and O–H groups in total. The van der Waals surface area contributed by atoms with E-state index in [1.807, 2.05) is 24.3 Å². The maximum Gasteiger partial charge on any atom is 0.0956 e. The molecule has 2 nitrogen and oxygen atoms in total. The molecule has 1 rings (SSSR count). The summed E-state index contributed by atoms with van der Waals surface area (Å²) in [7, 11) is 0. The van der Waals surface area contributed by atoms with Crippen molar-refractivity contribution in [3.05, 3.63) is 34.9 Å². The summed E-state index contributed by atoms with van der Waals surface area (Å²) in [5, 5.41) is 4.08. The largest absolute Gasteiger partial charge is 0.367 e. The first-order chi connectivity index (χ1) is 7.92. The lowest BCUT2D eigenvalue weighted by atomic mass is 10.1. The molecule has 0 bridgehead atoms. The minimum Gasteiger partial charge on any atom is -0.367 e. The maximum atomic E-state index is 6.06. The first kappa shape index (κ1) is 14.5. The van der Waals surface area contributed by atoms with Gasteiger partial charge in [-0.1, -0.05) is 30.7 Å². The van der Waals surface area contributed by atoms with Crippen LogP contribution in [0.25, 0.3) is 0 Å². The van der Waals surface area contributed by atoms with E-state index in [9.17, 15) is 0 Å². The van der Waals surface area contributed by atoms with Crippen LogP contribution in [0, 0.1) is 0 Å². The van der Waals surface area contributed by atoms with Crippen molar-refractivity contribution in [1.29, 1.82) is 0 Å². The maximum absolute atomic E-state index is 6.06. The molecule has 0 spiro atoms. The Bertz CT molecular complexity index is 329. The molecule has 1 atom stereocenters. The molecule has 0 aromatic heterocycles. The summed E-state index contributed by atoms with van der Waals surface area (Å²) in [4.78, 5) is 0. The Morgan fingerprint density at radius 1 is 1.24 bits per heavy atom. The monoisotopic (exact) mass is 255 g/mol. The van der Waals surface area contributed by atoms with E-state index in [0.29, 0.717) is 0 Å². The van der Waals surface area contributed by atoms with Crippen LogP contribution in [0.2, 0.25) is 5.02 Å². The summed E-state index contributed by atoms with van der Waals surface area (Å²) < 4.78 is 6.06. The van der Waals surface area contributed by atoms with Crippen molar-refractivity contribution in [3.8, 4) is 0 Å². The number of hydrogen-bond donors (Lipinski definition) is 1. The summed E-state index contributed by atoms with van der Waals surface area (Å²) in [6.45, 7) is 10.1. The smallest absolute Gasteiger partial charge is 0.0956 e. The third-order valence-electron chi connectivity index (χ3n) is 2.32. The fraction of sp³-hybridized carbons (Fsp3) is 0.571. The topological polar surface area (TPSA) is 21.3 Å². The molecule has 3 heteroatoms. The molecule has 0 aliphatic rings. The number of hydrogen-bond acceptors (Lipinski definition) is 2. The van der Waals surface area contributed by atoms with Crippen LogP contribution >= 0.6 is 11.6 Å². The third kappa shape index (κ3) is 5.53. The predicted octanol–water partition coefficient (Wildman–Crippen LogP) is 3.81. The van der Waals surface area contributed by atoms with Gasteiger partial charge in [-0.15, -0.1) is 0 Å². The zero-order chi connectivity index (χ0) is 12.9. The van der Waals surface area contributed by atoms with Gasteiger partial charge in [0.25, 0.3) is 0 Å². The molecule has 0 fully saturated rings. The van der Waals surface area contributed by atoms with Crippen molar-refractivity contribution in [3.63, 3.8) is 0 Å². The SMILES string of the molecule is CCNCC(OC(C)(C)C)c1ccc(Cl)cc1. The first-order valence-corrected chi connectivity index (χ1v) is 6.44. The van der Waals surface area contributed by atoms with Crippen LogP contribution in [0.1, 0.15) is 39.4 Å². The zero-order valence-electron chi connectivity index (χ0n) is 11.1. The second kappa shape index (κ2) is 6.39. The summed E-state index contributed by atoms with van der Waals surface area (Å²) in [6.07, 6.45) is 0.0622. The van der Waals surface area contributed by atoms with E-state index in [1.54, 1.807) is 0 Å². The summed E-state index contributed by atoms with van der Waals surface area (Å²) >= 11 is 5.90. The molecule has 0 saturated carbocycles. The van der Waals surface area contributed by atoms with Crippen molar-refractivity contribution >= 4 is 11.6 Å². The van der Waals surface area contributed by atoms with Crippen molar-refractivity contribution < 1.29 is 4.74 Å². The number of likely N-dealkylation sites (N-methyl/N-ethyl adjacent to an activating group) is 1. The highest BCUT2D eigenvalue weighted by atomic mass is 35.5. The number of benzene rings is 1. The van der Waals surface area contributed by atoms with Gasteiger partial charge in [-0.25, -0.2) is 0 Å². The van der Waals surface area contributed by atoms with Gasteiger partial charge in [0, 0.05) is 11.6 Å². The Kier molecular flexibility index (Phi) is 5.44. The summed E-state index contributed by atoms with van der Waals surface area (Å²) in [5.41, 5.74) is 1.00. The van der Waals surface area contributed by atoms with Crippen molar-refractivity contribution in [2.75, 3.05) is 13.1 Å². The molecule has 0 aliphatic heterocycles. The van der Waals surface area contributed by atoms with E-state index < -0.39 is 0 Å². The Balaban J connectivity index is 2.78. The number of nitrogens with one attached hydrogen (secondary N) is 1. The Morgan fingerprint density at radius 2 is 1.82 bits per heavy atom. The normalized spacial score (nSPS) is 13.7. The molecule has 17 heavy (non-hydrogen) atoms. The lowest BCUT2D eigenvalue weighted by Gasteiger charge is -2.28. The average molecular weight is 256 g/mol. The molecule has 96 valence electrons. The molecular formula is C14H22ClNO. The van der Waals surface area contributed by atoms with Gasteiger partial charge in [0.1, 0.15) is 0 Å². The molecule has 1 aromatic rings. The van der Waals surface area contributed by atoms with Gasteiger partial charge in [-0.2, -0.15) is 0 Å². The highest BCUT2D eigenvalue weighted by molar-refractivity contribution is 6.30. The van der Waals surface area contributed by atoms with E-state index in [4.69, 9.17) is 16.3 Å². The number of ether oxygens (including phenoxy) is 1. The van der Waals surface area contributed by atoms with Crippen LogP contribution in [0.3, 0.4) is 0 Å².